The van der Waals surface area contributed by atoms with Gasteiger partial charge in [0.15, 0.2) is 0 Å². The van der Waals surface area contributed by atoms with Crippen LogP contribution in [-0.2, 0) is 21.7 Å². The average Bonchev–Trinajstić information content (AvgIpc) is 2.61. The maximum atomic E-state index is 12.9. The maximum absolute atomic E-state index is 12.9. The Morgan fingerprint density at radius 1 is 1.12 bits per heavy atom. The van der Waals surface area contributed by atoms with Crippen LogP contribution in [0.2, 0.25) is 5.02 Å². The molecule has 1 aliphatic heterocycles. The zero-order valence-electron chi connectivity index (χ0n) is 13.1. The normalized spacial score (nSPS) is 22.6. The van der Waals surface area contributed by atoms with Crippen LogP contribution in [0.15, 0.2) is 53.4 Å². The number of hydrogen-bond acceptors (Lipinski definition) is 2. The minimum Gasteiger partial charge on any atom is -0.373 e. The molecule has 2 aromatic carbocycles. The molecule has 3 rings (SSSR count). The van der Waals surface area contributed by atoms with Crippen molar-refractivity contribution in [2.45, 2.75) is 35.3 Å². The lowest BCUT2D eigenvalue weighted by Gasteiger charge is -2.29. The molecule has 3 unspecified atom stereocenters. The highest BCUT2D eigenvalue weighted by Gasteiger charge is 2.33. The third-order valence-electron chi connectivity index (χ3n) is 4.17. The van der Waals surface area contributed by atoms with E-state index >= 15 is 0 Å². The Balaban J connectivity index is 1.77. The fraction of sp³-hybridized carbons (Fsp3) is 0.333. The van der Waals surface area contributed by atoms with E-state index in [9.17, 15) is 17.4 Å². The van der Waals surface area contributed by atoms with E-state index < -0.39 is 22.5 Å². The van der Waals surface area contributed by atoms with E-state index in [1.165, 1.54) is 12.1 Å². The summed E-state index contributed by atoms with van der Waals surface area (Å²) < 4.78 is 57.1. The summed E-state index contributed by atoms with van der Waals surface area (Å²) in [7, 11) is -1.52. The molecular formula is C18H16ClF3O2S. The van der Waals surface area contributed by atoms with Crippen molar-refractivity contribution in [2.75, 3.05) is 6.61 Å². The number of rotatable bonds is 3. The van der Waals surface area contributed by atoms with Crippen molar-refractivity contribution in [3.63, 3.8) is 0 Å². The molecule has 1 heterocycles. The number of hydrogen-bond donors (Lipinski definition) is 0. The smallest absolute Gasteiger partial charge is 0.373 e. The molecule has 1 aliphatic rings. The summed E-state index contributed by atoms with van der Waals surface area (Å²) in [4.78, 5) is 0.205. The lowest BCUT2D eigenvalue weighted by molar-refractivity contribution is -0.137. The second-order valence-corrected chi connectivity index (χ2v) is 8.05. The molecule has 0 aromatic heterocycles. The molecule has 2 nitrogen and oxygen atoms in total. The largest absolute Gasteiger partial charge is 0.416 e. The fourth-order valence-electron chi connectivity index (χ4n) is 2.86. The molecule has 0 amide bonds. The molecule has 134 valence electrons. The fourth-order valence-corrected chi connectivity index (χ4v) is 4.49. The van der Waals surface area contributed by atoms with Crippen molar-refractivity contribution in [1.82, 2.24) is 0 Å². The monoisotopic (exact) mass is 388 g/mol. The summed E-state index contributed by atoms with van der Waals surface area (Å²) >= 11 is 5.88. The maximum Gasteiger partial charge on any atom is 0.416 e. The first kappa shape index (κ1) is 18.4. The van der Waals surface area contributed by atoms with Crippen LogP contribution in [0.5, 0.6) is 0 Å². The Morgan fingerprint density at radius 2 is 1.84 bits per heavy atom. The minimum atomic E-state index is -4.44. The lowest BCUT2D eigenvalue weighted by Crippen LogP contribution is -2.27. The molecule has 7 heteroatoms. The van der Waals surface area contributed by atoms with Gasteiger partial charge < -0.3 is 4.74 Å². The molecular weight excluding hydrogens is 373 g/mol. The third-order valence-corrected chi connectivity index (χ3v) is 6.18. The Bertz CT molecular complexity index is 762. The molecule has 25 heavy (non-hydrogen) atoms. The molecule has 0 spiro atoms. The molecule has 3 atom stereocenters. The van der Waals surface area contributed by atoms with Crippen molar-refractivity contribution in [3.05, 3.63) is 64.7 Å². The zero-order chi connectivity index (χ0) is 18.0. The van der Waals surface area contributed by atoms with Crippen molar-refractivity contribution in [2.24, 2.45) is 0 Å². The van der Waals surface area contributed by atoms with E-state index in [1.807, 2.05) is 12.1 Å². The zero-order valence-corrected chi connectivity index (χ0v) is 14.7. The molecule has 0 saturated carbocycles. The standard InChI is InChI=1S/C18H16ClF3O2S/c19-14-6-4-12(5-7-14)17-11-16(8-9-24-17)25(23)15-3-1-2-13(10-15)18(20,21)22/h1-7,10,16-17H,8-9,11H2. The van der Waals surface area contributed by atoms with E-state index in [2.05, 4.69) is 0 Å². The van der Waals surface area contributed by atoms with Gasteiger partial charge in [-0.25, -0.2) is 0 Å². The van der Waals surface area contributed by atoms with Gasteiger partial charge >= 0.3 is 6.18 Å². The van der Waals surface area contributed by atoms with Crippen LogP contribution in [0.1, 0.15) is 30.1 Å². The van der Waals surface area contributed by atoms with Gasteiger partial charge in [0.05, 0.1) is 22.5 Å². The van der Waals surface area contributed by atoms with Crippen LogP contribution in [0, 0.1) is 0 Å². The van der Waals surface area contributed by atoms with Gasteiger partial charge in [0.25, 0.3) is 0 Å². The Labute approximate surface area is 151 Å². The predicted molar refractivity (Wildman–Crippen MR) is 91.0 cm³/mol. The average molecular weight is 389 g/mol. The van der Waals surface area contributed by atoms with Gasteiger partial charge in [-0.05, 0) is 48.7 Å². The second-order valence-electron chi connectivity index (χ2n) is 5.88. The molecule has 0 N–H and O–H groups in total. The van der Waals surface area contributed by atoms with Crippen molar-refractivity contribution in [1.29, 1.82) is 0 Å². The Hall–Kier alpha value is -1.37. The molecule has 0 aliphatic carbocycles. The number of alkyl halides is 3. The Morgan fingerprint density at radius 3 is 2.52 bits per heavy atom. The Kier molecular flexibility index (Phi) is 5.51. The topological polar surface area (TPSA) is 26.3 Å². The van der Waals surface area contributed by atoms with E-state index in [0.717, 1.165) is 17.7 Å². The summed E-state index contributed by atoms with van der Waals surface area (Å²) in [5.41, 5.74) is 0.148. The number of ether oxygens (including phenoxy) is 1. The summed E-state index contributed by atoms with van der Waals surface area (Å²) in [6, 6.07) is 12.0. The summed E-state index contributed by atoms with van der Waals surface area (Å²) in [5.74, 6) is 0. The molecule has 0 radical (unpaired) electrons. The first-order chi connectivity index (χ1) is 11.8. The SMILES string of the molecule is O=S(c1cccc(C(F)(F)F)c1)C1CCOC(c2ccc(Cl)cc2)C1. The van der Waals surface area contributed by atoms with Crippen LogP contribution in [0.25, 0.3) is 0 Å². The van der Waals surface area contributed by atoms with Gasteiger partial charge in [-0.2, -0.15) is 13.2 Å². The van der Waals surface area contributed by atoms with Crippen LogP contribution >= 0.6 is 11.6 Å². The van der Waals surface area contributed by atoms with Gasteiger partial charge in [-0.15, -0.1) is 0 Å². The predicted octanol–water partition coefficient (Wildman–Crippen LogP) is 5.39. The molecule has 1 fully saturated rings. The third kappa shape index (κ3) is 4.43. The number of halogens is 4. The van der Waals surface area contributed by atoms with E-state index in [0.29, 0.717) is 24.5 Å². The lowest BCUT2D eigenvalue weighted by atomic mass is 10.0. The van der Waals surface area contributed by atoms with E-state index in [1.54, 1.807) is 12.1 Å². The number of benzene rings is 2. The van der Waals surface area contributed by atoms with Gasteiger partial charge in [-0.3, -0.25) is 4.21 Å². The summed E-state index contributed by atoms with van der Waals surface area (Å²) in [6.07, 6.45) is -3.63. The van der Waals surface area contributed by atoms with E-state index in [-0.39, 0.29) is 16.2 Å². The van der Waals surface area contributed by atoms with Gasteiger partial charge in [0.2, 0.25) is 0 Å². The minimum absolute atomic E-state index is 0.205. The van der Waals surface area contributed by atoms with Crippen LogP contribution < -0.4 is 0 Å². The van der Waals surface area contributed by atoms with Crippen molar-refractivity contribution in [3.8, 4) is 0 Å². The molecule has 0 bridgehead atoms. The van der Waals surface area contributed by atoms with Crippen molar-refractivity contribution < 1.29 is 22.1 Å². The first-order valence-electron chi connectivity index (χ1n) is 7.79. The van der Waals surface area contributed by atoms with Crippen LogP contribution in [0.3, 0.4) is 0 Å². The van der Waals surface area contributed by atoms with Gasteiger partial charge in [-0.1, -0.05) is 29.8 Å². The first-order valence-corrected chi connectivity index (χ1v) is 9.38. The van der Waals surface area contributed by atoms with Crippen LogP contribution in [-0.4, -0.2) is 16.1 Å². The van der Waals surface area contributed by atoms with Crippen LogP contribution in [0.4, 0.5) is 13.2 Å². The molecule has 2 aromatic rings. The van der Waals surface area contributed by atoms with Crippen molar-refractivity contribution >= 4 is 22.4 Å². The van der Waals surface area contributed by atoms with Gasteiger partial charge in [0, 0.05) is 21.8 Å². The van der Waals surface area contributed by atoms with Gasteiger partial charge in [0.1, 0.15) is 0 Å². The highest BCUT2D eigenvalue weighted by molar-refractivity contribution is 7.85. The quantitative estimate of drug-likeness (QED) is 0.705. The summed E-state index contributed by atoms with van der Waals surface area (Å²) in [5, 5.41) is 0.363. The highest BCUT2D eigenvalue weighted by Crippen LogP contribution is 2.34. The van der Waals surface area contributed by atoms with E-state index in [4.69, 9.17) is 16.3 Å². The highest BCUT2D eigenvalue weighted by atomic mass is 35.5. The second kappa shape index (κ2) is 7.48. The summed E-state index contributed by atoms with van der Waals surface area (Å²) in [6.45, 7) is 0.419. The molecule has 1 saturated heterocycles.